The number of benzene rings is 10. The van der Waals surface area contributed by atoms with Crippen LogP contribution in [0.3, 0.4) is 0 Å². The van der Waals surface area contributed by atoms with E-state index in [2.05, 4.69) is 194 Å². The Morgan fingerprint density at radius 3 is 1.64 bits per heavy atom. The standard InChI is InChI=1S/C57H34N2/c1-2-14-36(15-3-1)55-47-22-10-13-25-52(47)58-56(59-55)37-28-26-35(27-29-37)38-30-31-39-33-48-51(34-40(39)32-38)57(49-23-11-8-18-43(49)44-19-9-12-24-50(44)57)54-46-21-7-5-17-42(46)41-16-4-6-20-45(41)53(48)54/h1-34H. The maximum atomic E-state index is 5.13. The summed E-state index contributed by atoms with van der Waals surface area (Å²) in [6.45, 7) is 0. The molecule has 0 amide bonds. The van der Waals surface area contributed by atoms with Gasteiger partial charge in [-0.2, -0.15) is 0 Å². The highest BCUT2D eigenvalue weighted by Crippen LogP contribution is 2.65. The summed E-state index contributed by atoms with van der Waals surface area (Å²) in [4.78, 5) is 10.1. The van der Waals surface area contributed by atoms with E-state index < -0.39 is 5.41 Å². The zero-order valence-corrected chi connectivity index (χ0v) is 32.0. The minimum Gasteiger partial charge on any atom is -0.228 e. The van der Waals surface area contributed by atoms with Crippen molar-refractivity contribution < 1.29 is 0 Å². The van der Waals surface area contributed by atoms with E-state index in [0.717, 1.165) is 39.1 Å². The van der Waals surface area contributed by atoms with Gasteiger partial charge in [0.2, 0.25) is 0 Å². The Balaban J connectivity index is 1.01. The van der Waals surface area contributed by atoms with E-state index in [-0.39, 0.29) is 0 Å². The SMILES string of the molecule is c1ccc(-c2nc(-c3ccc(-c4ccc5cc6c(cc5c4)C4(c5ccccc5-c5ccccc54)c4c-6c5ccccc5c5ccccc45)cc3)nc3ccccc23)cc1. The van der Waals surface area contributed by atoms with E-state index in [1.807, 2.05) is 12.1 Å². The third-order valence-electron chi connectivity index (χ3n) is 13.0. The zero-order valence-electron chi connectivity index (χ0n) is 32.0. The average Bonchev–Trinajstić information content (AvgIpc) is 3.78. The van der Waals surface area contributed by atoms with Gasteiger partial charge in [-0.05, 0) is 112 Å². The lowest BCUT2D eigenvalue weighted by atomic mass is 9.69. The lowest BCUT2D eigenvalue weighted by molar-refractivity contribution is 0.803. The number of fused-ring (bicyclic) bond motifs is 17. The van der Waals surface area contributed by atoms with Crippen molar-refractivity contribution >= 4 is 43.2 Å². The number of nitrogens with zero attached hydrogens (tertiary/aromatic N) is 2. The Hall–Kier alpha value is -7.68. The van der Waals surface area contributed by atoms with E-state index in [4.69, 9.17) is 9.97 Å². The second-order valence-electron chi connectivity index (χ2n) is 16.0. The van der Waals surface area contributed by atoms with Crippen molar-refractivity contribution in [1.29, 1.82) is 0 Å². The fourth-order valence-corrected chi connectivity index (χ4v) is 10.6. The summed E-state index contributed by atoms with van der Waals surface area (Å²) in [5.41, 5.74) is 16.6. The van der Waals surface area contributed by atoms with Crippen LogP contribution in [0, 0.1) is 0 Å². The Bertz CT molecular complexity index is 3500. The second kappa shape index (κ2) is 12.2. The van der Waals surface area contributed by atoms with E-state index in [1.54, 1.807) is 0 Å². The molecule has 1 heterocycles. The molecule has 0 N–H and O–H groups in total. The highest BCUT2D eigenvalue weighted by atomic mass is 14.9. The van der Waals surface area contributed by atoms with Crippen LogP contribution in [-0.2, 0) is 5.41 Å². The van der Waals surface area contributed by atoms with Crippen LogP contribution >= 0.6 is 0 Å². The van der Waals surface area contributed by atoms with Gasteiger partial charge in [-0.1, -0.05) is 182 Å². The molecule has 0 bridgehead atoms. The second-order valence-corrected chi connectivity index (χ2v) is 16.0. The van der Waals surface area contributed by atoms with Gasteiger partial charge in [0.15, 0.2) is 5.82 Å². The molecule has 10 aromatic carbocycles. The highest BCUT2D eigenvalue weighted by molar-refractivity contribution is 6.20. The molecule has 59 heavy (non-hydrogen) atoms. The largest absolute Gasteiger partial charge is 0.228 e. The Labute approximate surface area is 341 Å². The molecule has 2 aliphatic carbocycles. The summed E-state index contributed by atoms with van der Waals surface area (Å²) in [5, 5.41) is 8.76. The summed E-state index contributed by atoms with van der Waals surface area (Å²) in [6, 6.07) is 75.7. The Kier molecular flexibility index (Phi) is 6.68. The van der Waals surface area contributed by atoms with Gasteiger partial charge in [0.05, 0.1) is 16.6 Å². The van der Waals surface area contributed by atoms with Crippen LogP contribution < -0.4 is 0 Å². The van der Waals surface area contributed by atoms with Crippen LogP contribution in [0.15, 0.2) is 206 Å². The third kappa shape index (κ3) is 4.46. The third-order valence-corrected chi connectivity index (χ3v) is 13.0. The molecule has 0 unspecified atom stereocenters. The van der Waals surface area contributed by atoms with E-state index in [9.17, 15) is 0 Å². The lowest BCUT2D eigenvalue weighted by Crippen LogP contribution is -2.26. The molecule has 272 valence electrons. The molecule has 2 heteroatoms. The summed E-state index contributed by atoms with van der Waals surface area (Å²) in [5.74, 6) is 0.727. The quantitative estimate of drug-likeness (QED) is 0.168. The Morgan fingerprint density at radius 1 is 0.322 bits per heavy atom. The lowest BCUT2D eigenvalue weighted by Gasteiger charge is -2.32. The average molecular weight is 747 g/mol. The summed E-state index contributed by atoms with van der Waals surface area (Å²) in [7, 11) is 0. The van der Waals surface area contributed by atoms with Gasteiger partial charge in [0, 0.05) is 16.5 Å². The van der Waals surface area contributed by atoms with E-state index >= 15 is 0 Å². The normalized spacial score (nSPS) is 13.2. The molecule has 1 spiro atoms. The van der Waals surface area contributed by atoms with Crippen molar-refractivity contribution in [3.8, 4) is 56.0 Å². The van der Waals surface area contributed by atoms with Gasteiger partial charge in [-0.25, -0.2) is 9.97 Å². The zero-order chi connectivity index (χ0) is 38.7. The summed E-state index contributed by atoms with van der Waals surface area (Å²) in [6.07, 6.45) is 0. The minimum absolute atomic E-state index is 0.466. The van der Waals surface area contributed by atoms with Crippen LogP contribution in [0.4, 0.5) is 0 Å². The first-order chi connectivity index (χ1) is 29.3. The number of hydrogen-bond acceptors (Lipinski definition) is 2. The molecule has 2 aliphatic rings. The molecular weight excluding hydrogens is 713 g/mol. The highest BCUT2D eigenvalue weighted by Gasteiger charge is 2.53. The number of rotatable bonds is 3. The fraction of sp³-hybridized carbons (Fsp3) is 0.0175. The summed E-state index contributed by atoms with van der Waals surface area (Å²) < 4.78 is 0. The predicted molar refractivity (Wildman–Crippen MR) is 245 cm³/mol. The smallest absolute Gasteiger partial charge is 0.160 e. The summed E-state index contributed by atoms with van der Waals surface area (Å²) >= 11 is 0. The molecular formula is C57H34N2. The van der Waals surface area contributed by atoms with Crippen molar-refractivity contribution in [3.05, 3.63) is 229 Å². The number of hydrogen-bond donors (Lipinski definition) is 0. The molecule has 0 atom stereocenters. The molecule has 0 fully saturated rings. The van der Waals surface area contributed by atoms with Crippen LogP contribution in [0.2, 0.25) is 0 Å². The maximum absolute atomic E-state index is 5.13. The van der Waals surface area contributed by atoms with Gasteiger partial charge in [-0.15, -0.1) is 0 Å². The molecule has 11 aromatic rings. The monoisotopic (exact) mass is 746 g/mol. The first-order valence-electron chi connectivity index (χ1n) is 20.4. The van der Waals surface area contributed by atoms with Crippen LogP contribution in [0.1, 0.15) is 22.3 Å². The first-order valence-corrected chi connectivity index (χ1v) is 20.4. The van der Waals surface area contributed by atoms with Crippen molar-refractivity contribution in [2.75, 3.05) is 0 Å². The number of aromatic nitrogens is 2. The Morgan fingerprint density at radius 2 is 0.898 bits per heavy atom. The van der Waals surface area contributed by atoms with Crippen molar-refractivity contribution in [3.63, 3.8) is 0 Å². The minimum atomic E-state index is -0.466. The molecule has 0 radical (unpaired) electrons. The molecule has 13 rings (SSSR count). The van der Waals surface area contributed by atoms with Crippen molar-refractivity contribution in [1.82, 2.24) is 9.97 Å². The molecule has 0 saturated carbocycles. The predicted octanol–water partition coefficient (Wildman–Crippen LogP) is 14.4. The van der Waals surface area contributed by atoms with Gasteiger partial charge < -0.3 is 0 Å². The fourth-order valence-electron chi connectivity index (χ4n) is 10.6. The van der Waals surface area contributed by atoms with Crippen LogP contribution in [-0.4, -0.2) is 9.97 Å². The molecule has 2 nitrogen and oxygen atoms in total. The van der Waals surface area contributed by atoms with Crippen molar-refractivity contribution in [2.45, 2.75) is 5.41 Å². The van der Waals surface area contributed by atoms with Crippen LogP contribution in [0.5, 0.6) is 0 Å². The van der Waals surface area contributed by atoms with Gasteiger partial charge in [0.1, 0.15) is 0 Å². The van der Waals surface area contributed by atoms with E-state index in [0.29, 0.717) is 0 Å². The van der Waals surface area contributed by atoms with Gasteiger partial charge in [-0.3, -0.25) is 0 Å². The first kappa shape index (κ1) is 32.4. The number of para-hydroxylation sites is 1. The maximum Gasteiger partial charge on any atom is 0.160 e. The van der Waals surface area contributed by atoms with Gasteiger partial charge in [0.25, 0.3) is 0 Å². The van der Waals surface area contributed by atoms with Crippen molar-refractivity contribution in [2.24, 2.45) is 0 Å². The van der Waals surface area contributed by atoms with Gasteiger partial charge >= 0.3 is 0 Å². The molecule has 1 aromatic heterocycles. The topological polar surface area (TPSA) is 25.8 Å². The van der Waals surface area contributed by atoms with E-state index in [1.165, 1.54) is 82.4 Å². The molecule has 0 aliphatic heterocycles. The van der Waals surface area contributed by atoms with Crippen LogP contribution in [0.25, 0.3) is 99.2 Å². The molecule has 0 saturated heterocycles.